The molecule has 0 saturated heterocycles. The third-order valence-electron chi connectivity index (χ3n) is 3.01. The Morgan fingerprint density at radius 1 is 1.11 bits per heavy atom. The van der Waals surface area contributed by atoms with Gasteiger partial charge in [0.05, 0.1) is 5.69 Å². The summed E-state index contributed by atoms with van der Waals surface area (Å²) in [5, 5.41) is 0. The third kappa shape index (κ3) is 2.25. The molecule has 0 bridgehead atoms. The van der Waals surface area contributed by atoms with Crippen LogP contribution in [0.2, 0.25) is 0 Å². The van der Waals surface area contributed by atoms with Gasteiger partial charge in [-0.15, -0.1) is 0 Å². The zero-order valence-electron chi connectivity index (χ0n) is 10.4. The molecule has 0 unspecified atom stereocenters. The Morgan fingerprint density at radius 3 is 2.63 bits per heavy atom. The van der Waals surface area contributed by atoms with Crippen molar-refractivity contribution < 1.29 is 4.39 Å². The Kier molecular flexibility index (Phi) is 2.83. The maximum atomic E-state index is 12.9. The van der Waals surface area contributed by atoms with Crippen LogP contribution in [0.1, 0.15) is 5.56 Å². The van der Waals surface area contributed by atoms with Gasteiger partial charge in [0.2, 0.25) is 0 Å². The minimum atomic E-state index is -0.251. The van der Waals surface area contributed by atoms with Crippen molar-refractivity contribution in [2.75, 3.05) is 0 Å². The second-order valence-electron chi connectivity index (χ2n) is 4.33. The first-order valence-electron chi connectivity index (χ1n) is 5.96. The fourth-order valence-corrected chi connectivity index (χ4v) is 1.95. The number of aromatic amines is 1. The molecular weight excluding hydrogens is 241 g/mol. The van der Waals surface area contributed by atoms with E-state index in [-0.39, 0.29) is 5.82 Å². The van der Waals surface area contributed by atoms with Crippen LogP contribution < -0.4 is 0 Å². The molecule has 3 aromatic rings. The average Bonchev–Trinajstić information content (AvgIpc) is 2.89. The topological polar surface area (TPSA) is 41.6 Å². The molecule has 19 heavy (non-hydrogen) atoms. The van der Waals surface area contributed by atoms with Crippen LogP contribution >= 0.6 is 0 Å². The Morgan fingerprint density at radius 2 is 1.89 bits per heavy atom. The number of benzene rings is 1. The van der Waals surface area contributed by atoms with Crippen molar-refractivity contribution in [2.45, 2.75) is 6.92 Å². The number of rotatable bonds is 2. The van der Waals surface area contributed by atoms with E-state index >= 15 is 0 Å². The molecule has 1 aromatic carbocycles. The summed E-state index contributed by atoms with van der Waals surface area (Å²) in [6.45, 7) is 2.02. The number of aromatic nitrogens is 3. The number of nitrogens with one attached hydrogen (secondary N) is 1. The van der Waals surface area contributed by atoms with Gasteiger partial charge in [-0.2, -0.15) is 0 Å². The zero-order chi connectivity index (χ0) is 13.2. The van der Waals surface area contributed by atoms with Crippen LogP contribution in [0.3, 0.4) is 0 Å². The standard InChI is InChI=1S/C15H12FN3/c1-10-6-7-17-8-13(10)14-9-18-15(19-14)11-2-4-12(16)5-3-11/h2-9H,1H3,(H,18,19). The molecule has 4 heteroatoms. The van der Waals surface area contributed by atoms with Gasteiger partial charge in [-0.05, 0) is 42.8 Å². The molecule has 2 heterocycles. The lowest BCUT2D eigenvalue weighted by Crippen LogP contribution is -1.85. The number of hydrogen-bond acceptors (Lipinski definition) is 2. The quantitative estimate of drug-likeness (QED) is 0.758. The first kappa shape index (κ1) is 11.6. The van der Waals surface area contributed by atoms with Crippen molar-refractivity contribution >= 4 is 0 Å². The van der Waals surface area contributed by atoms with Crippen LogP contribution in [-0.4, -0.2) is 15.0 Å². The van der Waals surface area contributed by atoms with E-state index < -0.39 is 0 Å². The van der Waals surface area contributed by atoms with Crippen LogP contribution in [-0.2, 0) is 0 Å². The third-order valence-corrected chi connectivity index (χ3v) is 3.01. The van der Waals surface area contributed by atoms with E-state index in [1.54, 1.807) is 24.5 Å². The maximum absolute atomic E-state index is 12.9. The van der Waals surface area contributed by atoms with E-state index in [1.165, 1.54) is 12.1 Å². The van der Waals surface area contributed by atoms with Gasteiger partial charge in [0, 0.05) is 29.7 Å². The lowest BCUT2D eigenvalue weighted by Gasteiger charge is -2.00. The molecule has 0 amide bonds. The Bertz CT molecular complexity index is 701. The van der Waals surface area contributed by atoms with E-state index in [0.29, 0.717) is 0 Å². The van der Waals surface area contributed by atoms with E-state index in [9.17, 15) is 4.39 Å². The van der Waals surface area contributed by atoms with Gasteiger partial charge >= 0.3 is 0 Å². The van der Waals surface area contributed by atoms with Crippen LogP contribution in [0.25, 0.3) is 22.6 Å². The Balaban J connectivity index is 2.00. The number of nitrogens with zero attached hydrogens (tertiary/aromatic N) is 2. The second-order valence-corrected chi connectivity index (χ2v) is 4.33. The molecule has 1 N–H and O–H groups in total. The Labute approximate surface area is 110 Å². The summed E-state index contributed by atoms with van der Waals surface area (Å²) >= 11 is 0. The highest BCUT2D eigenvalue weighted by Crippen LogP contribution is 2.23. The van der Waals surface area contributed by atoms with Crippen LogP contribution in [0.5, 0.6) is 0 Å². The summed E-state index contributed by atoms with van der Waals surface area (Å²) in [7, 11) is 0. The minimum Gasteiger partial charge on any atom is -0.344 e. The van der Waals surface area contributed by atoms with Crippen molar-refractivity contribution in [3.05, 3.63) is 60.3 Å². The molecule has 0 aliphatic heterocycles. The number of imidazole rings is 1. The monoisotopic (exact) mass is 253 g/mol. The SMILES string of the molecule is Cc1ccncc1-c1c[nH]c(-c2ccc(F)cc2)n1. The molecule has 3 nitrogen and oxygen atoms in total. The highest BCUT2D eigenvalue weighted by Gasteiger charge is 2.08. The fourth-order valence-electron chi connectivity index (χ4n) is 1.95. The summed E-state index contributed by atoms with van der Waals surface area (Å²) in [6, 6.07) is 8.20. The van der Waals surface area contributed by atoms with Crippen molar-refractivity contribution in [1.29, 1.82) is 0 Å². The summed E-state index contributed by atoms with van der Waals surface area (Å²) in [6.07, 6.45) is 5.38. The molecule has 0 fully saturated rings. The minimum absolute atomic E-state index is 0.251. The molecule has 0 radical (unpaired) electrons. The predicted molar refractivity (Wildman–Crippen MR) is 71.9 cm³/mol. The highest BCUT2D eigenvalue weighted by atomic mass is 19.1. The highest BCUT2D eigenvalue weighted by molar-refractivity contribution is 5.66. The second kappa shape index (κ2) is 4.65. The van der Waals surface area contributed by atoms with Gasteiger partial charge in [0.15, 0.2) is 0 Å². The van der Waals surface area contributed by atoms with Gasteiger partial charge in [0.1, 0.15) is 11.6 Å². The summed E-state index contributed by atoms with van der Waals surface area (Å²) in [4.78, 5) is 11.7. The molecule has 0 aliphatic rings. The van der Waals surface area contributed by atoms with Gasteiger partial charge in [-0.1, -0.05) is 0 Å². The van der Waals surface area contributed by atoms with Crippen LogP contribution in [0.15, 0.2) is 48.9 Å². The first-order valence-corrected chi connectivity index (χ1v) is 5.96. The van der Waals surface area contributed by atoms with Gasteiger partial charge in [0.25, 0.3) is 0 Å². The van der Waals surface area contributed by atoms with E-state index in [4.69, 9.17) is 0 Å². The molecular formula is C15H12FN3. The molecule has 0 spiro atoms. The lowest BCUT2D eigenvalue weighted by molar-refractivity contribution is 0.628. The molecule has 0 aliphatic carbocycles. The van der Waals surface area contributed by atoms with E-state index in [0.717, 1.165) is 28.2 Å². The summed E-state index contributed by atoms with van der Waals surface area (Å²) < 4.78 is 12.9. The number of H-pyrrole nitrogens is 1. The lowest BCUT2D eigenvalue weighted by atomic mass is 10.1. The number of aryl methyl sites for hydroxylation is 1. The zero-order valence-corrected chi connectivity index (χ0v) is 10.4. The van der Waals surface area contributed by atoms with E-state index in [1.807, 2.05) is 19.2 Å². The van der Waals surface area contributed by atoms with Gasteiger partial charge in [-0.25, -0.2) is 9.37 Å². The summed E-state index contributed by atoms with van der Waals surface area (Å²) in [5.41, 5.74) is 3.80. The maximum Gasteiger partial charge on any atom is 0.138 e. The van der Waals surface area contributed by atoms with Crippen LogP contribution in [0.4, 0.5) is 4.39 Å². The fraction of sp³-hybridized carbons (Fsp3) is 0.0667. The smallest absolute Gasteiger partial charge is 0.138 e. The largest absolute Gasteiger partial charge is 0.344 e. The van der Waals surface area contributed by atoms with Crippen molar-refractivity contribution in [1.82, 2.24) is 15.0 Å². The number of hydrogen-bond donors (Lipinski definition) is 1. The van der Waals surface area contributed by atoms with Crippen molar-refractivity contribution in [2.24, 2.45) is 0 Å². The van der Waals surface area contributed by atoms with E-state index in [2.05, 4.69) is 15.0 Å². The van der Waals surface area contributed by atoms with Gasteiger partial charge < -0.3 is 4.98 Å². The first-order chi connectivity index (χ1) is 9.24. The Hall–Kier alpha value is -2.49. The molecule has 94 valence electrons. The van der Waals surface area contributed by atoms with Crippen molar-refractivity contribution in [3.8, 4) is 22.6 Å². The van der Waals surface area contributed by atoms with Crippen LogP contribution in [0, 0.1) is 12.7 Å². The molecule has 0 saturated carbocycles. The van der Waals surface area contributed by atoms with Crippen molar-refractivity contribution in [3.63, 3.8) is 0 Å². The molecule has 2 aromatic heterocycles. The average molecular weight is 253 g/mol. The number of halogens is 1. The predicted octanol–water partition coefficient (Wildman–Crippen LogP) is 3.59. The molecule has 0 atom stereocenters. The normalized spacial score (nSPS) is 10.6. The molecule has 3 rings (SSSR count). The number of pyridine rings is 1. The summed E-state index contributed by atoms with van der Waals surface area (Å²) in [5.74, 6) is 0.469. The van der Waals surface area contributed by atoms with Gasteiger partial charge in [-0.3, -0.25) is 4.98 Å².